The van der Waals surface area contributed by atoms with Gasteiger partial charge in [0.15, 0.2) is 0 Å². The van der Waals surface area contributed by atoms with Crippen molar-refractivity contribution in [1.82, 2.24) is 20.1 Å². The summed E-state index contributed by atoms with van der Waals surface area (Å²) in [6.07, 6.45) is 2.61. The Bertz CT molecular complexity index is 378. The molecule has 8 heteroatoms. The van der Waals surface area contributed by atoms with Gasteiger partial charge in [0.25, 0.3) is 0 Å². The van der Waals surface area contributed by atoms with Gasteiger partial charge in [-0.1, -0.05) is 0 Å². The number of aliphatic hydroxyl groups is 1. The molecule has 0 aromatic carbocycles. The Balaban J connectivity index is 2.61. The van der Waals surface area contributed by atoms with Gasteiger partial charge in [0.2, 0.25) is 5.91 Å². The zero-order valence-electron chi connectivity index (χ0n) is 9.28. The van der Waals surface area contributed by atoms with E-state index in [1.54, 1.807) is 6.92 Å². The monoisotopic (exact) mass is 242 g/mol. The Hall–Kier alpha value is -1.96. The molecule has 1 rings (SSSR count). The van der Waals surface area contributed by atoms with Crippen molar-refractivity contribution in [3.8, 4) is 0 Å². The second-order valence-electron chi connectivity index (χ2n) is 3.46. The van der Waals surface area contributed by atoms with E-state index in [9.17, 15) is 9.59 Å². The third-order valence-electron chi connectivity index (χ3n) is 2.25. The molecule has 1 unspecified atom stereocenters. The molecule has 0 aliphatic heterocycles. The first-order chi connectivity index (χ1) is 8.06. The number of carboxylic acid groups (broad SMARTS) is 1. The lowest BCUT2D eigenvalue weighted by Crippen LogP contribution is -2.44. The summed E-state index contributed by atoms with van der Waals surface area (Å²) in [6.45, 7) is 1.26. The van der Waals surface area contributed by atoms with Crippen LogP contribution in [0.3, 0.4) is 0 Å². The lowest BCUT2D eigenvalue weighted by atomic mass is 10.2. The molecular weight excluding hydrogens is 228 g/mol. The Morgan fingerprint density at radius 3 is 2.71 bits per heavy atom. The van der Waals surface area contributed by atoms with Gasteiger partial charge in [-0.15, -0.1) is 0 Å². The van der Waals surface area contributed by atoms with Crippen LogP contribution in [-0.2, 0) is 9.59 Å². The topological polar surface area (TPSA) is 117 Å². The standard InChI is InChI=1S/C9H14N4O4/c1-6(13-5-10-4-11-13)8(15)12-7(2-3-14)9(16)17/h4-7,14H,2-3H2,1H3,(H,12,15)(H,16,17)/t6?,7-/m1/s1. The van der Waals surface area contributed by atoms with Crippen LogP contribution in [0.2, 0.25) is 0 Å². The smallest absolute Gasteiger partial charge is 0.326 e. The molecule has 0 aliphatic carbocycles. The van der Waals surface area contributed by atoms with E-state index < -0.39 is 24.0 Å². The van der Waals surface area contributed by atoms with Crippen LogP contribution in [0.5, 0.6) is 0 Å². The van der Waals surface area contributed by atoms with E-state index in [1.807, 2.05) is 0 Å². The van der Waals surface area contributed by atoms with Crippen molar-refractivity contribution >= 4 is 11.9 Å². The van der Waals surface area contributed by atoms with Crippen molar-refractivity contribution in [2.75, 3.05) is 6.61 Å². The summed E-state index contributed by atoms with van der Waals surface area (Å²) >= 11 is 0. The van der Waals surface area contributed by atoms with Crippen LogP contribution < -0.4 is 5.32 Å². The van der Waals surface area contributed by atoms with E-state index in [0.29, 0.717) is 0 Å². The summed E-state index contributed by atoms with van der Waals surface area (Å²) in [6, 6.07) is -1.75. The predicted octanol–water partition coefficient (Wildman–Crippen LogP) is -1.21. The molecule has 1 heterocycles. The molecule has 3 N–H and O–H groups in total. The maximum absolute atomic E-state index is 11.7. The van der Waals surface area contributed by atoms with E-state index >= 15 is 0 Å². The van der Waals surface area contributed by atoms with Crippen molar-refractivity contribution in [3.05, 3.63) is 12.7 Å². The number of aliphatic carboxylic acids is 1. The van der Waals surface area contributed by atoms with E-state index in [1.165, 1.54) is 17.3 Å². The largest absolute Gasteiger partial charge is 0.480 e. The molecule has 0 aliphatic rings. The summed E-state index contributed by atoms with van der Waals surface area (Å²) < 4.78 is 1.31. The summed E-state index contributed by atoms with van der Waals surface area (Å²) in [5.41, 5.74) is 0. The van der Waals surface area contributed by atoms with Gasteiger partial charge in [0, 0.05) is 13.0 Å². The molecule has 0 radical (unpaired) electrons. The van der Waals surface area contributed by atoms with Gasteiger partial charge in [0.05, 0.1) is 0 Å². The average molecular weight is 242 g/mol. The van der Waals surface area contributed by atoms with Crippen LogP contribution in [0.15, 0.2) is 12.7 Å². The van der Waals surface area contributed by atoms with E-state index in [4.69, 9.17) is 10.2 Å². The van der Waals surface area contributed by atoms with E-state index in [-0.39, 0.29) is 13.0 Å². The summed E-state index contributed by atoms with van der Waals surface area (Å²) in [5, 5.41) is 23.6. The van der Waals surface area contributed by atoms with Crippen molar-refractivity contribution < 1.29 is 19.8 Å². The number of nitrogens with one attached hydrogen (secondary N) is 1. The minimum absolute atomic E-state index is 0.0366. The fourth-order valence-electron chi connectivity index (χ4n) is 1.22. The van der Waals surface area contributed by atoms with Crippen molar-refractivity contribution in [1.29, 1.82) is 0 Å². The minimum Gasteiger partial charge on any atom is -0.480 e. The predicted molar refractivity (Wildman–Crippen MR) is 56.0 cm³/mol. The molecular formula is C9H14N4O4. The third-order valence-corrected chi connectivity index (χ3v) is 2.25. The number of carbonyl (C=O) groups excluding carboxylic acids is 1. The molecule has 0 bridgehead atoms. The van der Waals surface area contributed by atoms with Gasteiger partial charge in [-0.2, -0.15) is 5.10 Å². The number of nitrogens with zero attached hydrogens (tertiary/aromatic N) is 3. The van der Waals surface area contributed by atoms with Gasteiger partial charge in [-0.25, -0.2) is 14.5 Å². The van der Waals surface area contributed by atoms with Crippen LogP contribution in [0.4, 0.5) is 0 Å². The van der Waals surface area contributed by atoms with Gasteiger partial charge < -0.3 is 15.5 Å². The van der Waals surface area contributed by atoms with Crippen LogP contribution >= 0.6 is 0 Å². The summed E-state index contributed by atoms with van der Waals surface area (Å²) in [5.74, 6) is -1.67. The Kier molecular flexibility index (Phi) is 4.58. The first-order valence-electron chi connectivity index (χ1n) is 5.04. The third kappa shape index (κ3) is 3.52. The fraction of sp³-hybridized carbons (Fsp3) is 0.556. The maximum atomic E-state index is 11.7. The lowest BCUT2D eigenvalue weighted by molar-refractivity contribution is -0.142. The second-order valence-corrected chi connectivity index (χ2v) is 3.46. The number of rotatable bonds is 6. The number of amides is 1. The molecule has 1 aromatic heterocycles. The van der Waals surface area contributed by atoms with Gasteiger partial charge in [-0.05, 0) is 6.92 Å². The average Bonchev–Trinajstić information content (AvgIpc) is 2.80. The van der Waals surface area contributed by atoms with Gasteiger partial charge in [0.1, 0.15) is 24.7 Å². The van der Waals surface area contributed by atoms with Gasteiger partial charge in [-0.3, -0.25) is 4.79 Å². The number of aliphatic hydroxyl groups excluding tert-OH is 1. The normalized spacial score (nSPS) is 14.0. The Labute approximate surface area is 97.3 Å². The number of carbonyl (C=O) groups is 2. The molecule has 0 saturated heterocycles. The highest BCUT2D eigenvalue weighted by Crippen LogP contribution is 2.03. The first kappa shape index (κ1) is 13.1. The van der Waals surface area contributed by atoms with Crippen molar-refractivity contribution in [2.24, 2.45) is 0 Å². The molecule has 94 valence electrons. The molecule has 0 saturated carbocycles. The lowest BCUT2D eigenvalue weighted by Gasteiger charge is -2.16. The Morgan fingerprint density at radius 2 is 2.24 bits per heavy atom. The summed E-state index contributed by atoms with van der Waals surface area (Å²) in [7, 11) is 0. The highest BCUT2D eigenvalue weighted by molar-refractivity contribution is 5.85. The number of carboxylic acids is 1. The van der Waals surface area contributed by atoms with Crippen LogP contribution in [0.1, 0.15) is 19.4 Å². The maximum Gasteiger partial charge on any atom is 0.326 e. The molecule has 0 fully saturated rings. The quantitative estimate of drug-likeness (QED) is 0.576. The molecule has 2 atom stereocenters. The molecule has 1 aromatic rings. The van der Waals surface area contributed by atoms with Crippen LogP contribution in [0.25, 0.3) is 0 Å². The van der Waals surface area contributed by atoms with Crippen LogP contribution in [-0.4, -0.2) is 49.5 Å². The number of hydrogen-bond acceptors (Lipinski definition) is 5. The zero-order valence-corrected chi connectivity index (χ0v) is 9.28. The molecule has 0 spiro atoms. The van der Waals surface area contributed by atoms with E-state index in [0.717, 1.165) is 0 Å². The first-order valence-corrected chi connectivity index (χ1v) is 5.04. The highest BCUT2D eigenvalue weighted by atomic mass is 16.4. The molecule has 1 amide bonds. The van der Waals surface area contributed by atoms with Crippen LogP contribution in [0, 0.1) is 0 Å². The molecule has 17 heavy (non-hydrogen) atoms. The van der Waals surface area contributed by atoms with Crippen molar-refractivity contribution in [2.45, 2.75) is 25.4 Å². The Morgan fingerprint density at radius 1 is 1.53 bits per heavy atom. The minimum atomic E-state index is -1.18. The fourth-order valence-corrected chi connectivity index (χ4v) is 1.22. The number of aromatic nitrogens is 3. The number of hydrogen-bond donors (Lipinski definition) is 3. The van der Waals surface area contributed by atoms with E-state index in [2.05, 4.69) is 15.4 Å². The second kappa shape index (κ2) is 5.94. The summed E-state index contributed by atoms with van der Waals surface area (Å²) in [4.78, 5) is 26.2. The van der Waals surface area contributed by atoms with Gasteiger partial charge >= 0.3 is 5.97 Å². The zero-order chi connectivity index (χ0) is 12.8. The highest BCUT2D eigenvalue weighted by Gasteiger charge is 2.23. The molecule has 8 nitrogen and oxygen atoms in total. The van der Waals surface area contributed by atoms with Crippen molar-refractivity contribution in [3.63, 3.8) is 0 Å². The SMILES string of the molecule is CC(C(=O)N[C@H](CCO)C(=O)O)n1cncn1.